The maximum Gasteiger partial charge on any atom is 0.119 e. The third kappa shape index (κ3) is 2.72. The summed E-state index contributed by atoms with van der Waals surface area (Å²) in [7, 11) is 0. The summed E-state index contributed by atoms with van der Waals surface area (Å²) in [4.78, 5) is 0. The molecule has 0 aliphatic heterocycles. The third-order valence-corrected chi connectivity index (χ3v) is 2.87. The first kappa shape index (κ1) is 10.5. The number of ether oxygens (including phenoxy) is 1. The number of likely N-dealkylation sites (N-methyl/N-ethyl adjacent to an activating group) is 1. The van der Waals surface area contributed by atoms with Crippen LogP contribution in [-0.2, 0) is 12.8 Å². The molecule has 0 bridgehead atoms. The fourth-order valence-corrected chi connectivity index (χ4v) is 2.06. The van der Waals surface area contributed by atoms with Crippen LogP contribution in [0.1, 0.15) is 24.5 Å². The first-order chi connectivity index (χ1) is 7.40. The van der Waals surface area contributed by atoms with Crippen molar-refractivity contribution in [1.29, 1.82) is 0 Å². The van der Waals surface area contributed by atoms with E-state index in [1.165, 1.54) is 30.4 Å². The monoisotopic (exact) mass is 205 g/mol. The molecule has 15 heavy (non-hydrogen) atoms. The Morgan fingerprint density at radius 3 is 3.00 bits per heavy atom. The van der Waals surface area contributed by atoms with Gasteiger partial charge in [0, 0.05) is 6.54 Å². The van der Waals surface area contributed by atoms with Gasteiger partial charge in [-0.2, -0.15) is 0 Å². The van der Waals surface area contributed by atoms with Crippen molar-refractivity contribution in [2.45, 2.75) is 26.2 Å². The molecule has 2 rings (SSSR count). The molecule has 0 radical (unpaired) electrons. The van der Waals surface area contributed by atoms with Crippen LogP contribution in [0.3, 0.4) is 0 Å². The molecule has 0 spiro atoms. The van der Waals surface area contributed by atoms with Crippen LogP contribution in [-0.4, -0.2) is 19.7 Å². The predicted octanol–water partition coefficient (Wildman–Crippen LogP) is 2.16. The van der Waals surface area contributed by atoms with Crippen molar-refractivity contribution in [2.24, 2.45) is 0 Å². The summed E-state index contributed by atoms with van der Waals surface area (Å²) in [6.07, 6.45) is 3.77. The lowest BCUT2D eigenvalue weighted by atomic mass is 10.1. The lowest BCUT2D eigenvalue weighted by Gasteiger charge is -2.08. The Hall–Kier alpha value is -1.02. The van der Waals surface area contributed by atoms with Gasteiger partial charge in [0.05, 0.1) is 0 Å². The quantitative estimate of drug-likeness (QED) is 0.744. The lowest BCUT2D eigenvalue weighted by Crippen LogP contribution is -2.20. The molecule has 0 unspecified atom stereocenters. The summed E-state index contributed by atoms with van der Waals surface area (Å²) in [6, 6.07) is 6.51. The molecule has 0 saturated heterocycles. The van der Waals surface area contributed by atoms with Crippen LogP contribution in [0.25, 0.3) is 0 Å². The Bertz CT molecular complexity index is 322. The van der Waals surface area contributed by atoms with Crippen molar-refractivity contribution < 1.29 is 4.74 Å². The Morgan fingerprint density at radius 1 is 1.27 bits per heavy atom. The van der Waals surface area contributed by atoms with Crippen molar-refractivity contribution in [1.82, 2.24) is 5.32 Å². The smallest absolute Gasteiger partial charge is 0.119 e. The molecule has 2 heteroatoms. The summed E-state index contributed by atoms with van der Waals surface area (Å²) in [5.41, 5.74) is 2.99. The maximum atomic E-state index is 5.67. The first-order valence-corrected chi connectivity index (χ1v) is 5.85. The van der Waals surface area contributed by atoms with Gasteiger partial charge in [0.25, 0.3) is 0 Å². The molecule has 1 aliphatic carbocycles. The van der Waals surface area contributed by atoms with Crippen LogP contribution < -0.4 is 10.1 Å². The van der Waals surface area contributed by atoms with Gasteiger partial charge >= 0.3 is 0 Å². The van der Waals surface area contributed by atoms with Crippen molar-refractivity contribution in [3.8, 4) is 5.75 Å². The van der Waals surface area contributed by atoms with Crippen molar-refractivity contribution in [2.75, 3.05) is 19.7 Å². The van der Waals surface area contributed by atoms with Gasteiger partial charge in [-0.25, -0.2) is 0 Å². The van der Waals surface area contributed by atoms with E-state index >= 15 is 0 Å². The zero-order valence-electron chi connectivity index (χ0n) is 9.38. The minimum Gasteiger partial charge on any atom is -0.492 e. The van der Waals surface area contributed by atoms with E-state index in [1.54, 1.807) is 0 Å². The largest absolute Gasteiger partial charge is 0.492 e. The molecule has 0 atom stereocenters. The van der Waals surface area contributed by atoms with E-state index < -0.39 is 0 Å². The molecule has 1 aliphatic rings. The molecule has 1 N–H and O–H groups in total. The highest BCUT2D eigenvalue weighted by molar-refractivity contribution is 5.38. The molecule has 2 nitrogen and oxygen atoms in total. The molecular formula is C13H19NO. The molecular weight excluding hydrogens is 186 g/mol. The lowest BCUT2D eigenvalue weighted by molar-refractivity contribution is 0.315. The van der Waals surface area contributed by atoms with Gasteiger partial charge < -0.3 is 10.1 Å². The van der Waals surface area contributed by atoms with E-state index in [9.17, 15) is 0 Å². The SMILES string of the molecule is CCNCCOc1ccc2c(c1)CCC2. The average molecular weight is 205 g/mol. The van der Waals surface area contributed by atoms with Gasteiger partial charge in [-0.15, -0.1) is 0 Å². The number of hydrogen-bond acceptors (Lipinski definition) is 2. The maximum absolute atomic E-state index is 5.67. The summed E-state index contributed by atoms with van der Waals surface area (Å²) in [5, 5.41) is 3.25. The number of nitrogens with one attached hydrogen (secondary N) is 1. The van der Waals surface area contributed by atoms with Crippen LogP contribution in [0, 0.1) is 0 Å². The topological polar surface area (TPSA) is 21.3 Å². The van der Waals surface area contributed by atoms with Gasteiger partial charge in [0.1, 0.15) is 12.4 Å². The van der Waals surface area contributed by atoms with Gasteiger partial charge in [-0.1, -0.05) is 13.0 Å². The fourth-order valence-electron chi connectivity index (χ4n) is 2.06. The van der Waals surface area contributed by atoms with Gasteiger partial charge in [-0.3, -0.25) is 0 Å². The normalized spacial score (nSPS) is 13.9. The molecule has 0 fully saturated rings. The molecule has 0 aromatic heterocycles. The second-order valence-corrected chi connectivity index (χ2v) is 3.99. The van der Waals surface area contributed by atoms with Gasteiger partial charge in [0.15, 0.2) is 0 Å². The summed E-state index contributed by atoms with van der Waals surface area (Å²) < 4.78 is 5.67. The van der Waals surface area contributed by atoms with Gasteiger partial charge in [-0.05, 0) is 49.1 Å². The van der Waals surface area contributed by atoms with Crippen LogP contribution in [0.4, 0.5) is 0 Å². The highest BCUT2D eigenvalue weighted by atomic mass is 16.5. The Kier molecular flexibility index (Phi) is 3.62. The van der Waals surface area contributed by atoms with Crippen LogP contribution >= 0.6 is 0 Å². The minimum atomic E-state index is 0.757. The first-order valence-electron chi connectivity index (χ1n) is 5.85. The molecule has 1 aromatic rings. The molecule has 0 amide bonds. The highest BCUT2D eigenvalue weighted by Crippen LogP contribution is 2.25. The molecule has 0 saturated carbocycles. The summed E-state index contributed by atoms with van der Waals surface area (Å²) in [5.74, 6) is 1.02. The molecule has 82 valence electrons. The van der Waals surface area contributed by atoms with E-state index in [0.29, 0.717) is 0 Å². The van der Waals surface area contributed by atoms with E-state index in [-0.39, 0.29) is 0 Å². The number of aryl methyl sites for hydroxylation is 2. The minimum absolute atomic E-state index is 0.757. The van der Waals surface area contributed by atoms with Crippen LogP contribution in [0.2, 0.25) is 0 Å². The number of hydrogen-bond donors (Lipinski definition) is 1. The van der Waals surface area contributed by atoms with Gasteiger partial charge in [0.2, 0.25) is 0 Å². The van der Waals surface area contributed by atoms with Crippen LogP contribution in [0.5, 0.6) is 5.75 Å². The summed E-state index contributed by atoms with van der Waals surface area (Å²) >= 11 is 0. The fraction of sp³-hybridized carbons (Fsp3) is 0.538. The van der Waals surface area contributed by atoms with E-state index in [0.717, 1.165) is 25.4 Å². The van der Waals surface area contributed by atoms with E-state index in [1.807, 2.05) is 0 Å². The predicted molar refractivity (Wildman–Crippen MR) is 62.5 cm³/mol. The number of rotatable bonds is 5. The van der Waals surface area contributed by atoms with E-state index in [4.69, 9.17) is 4.74 Å². The van der Waals surface area contributed by atoms with Crippen molar-refractivity contribution >= 4 is 0 Å². The second kappa shape index (κ2) is 5.17. The highest BCUT2D eigenvalue weighted by Gasteiger charge is 2.10. The zero-order chi connectivity index (χ0) is 10.5. The zero-order valence-corrected chi connectivity index (χ0v) is 9.38. The Labute approximate surface area is 91.6 Å². The third-order valence-electron chi connectivity index (χ3n) is 2.87. The molecule has 1 aromatic carbocycles. The van der Waals surface area contributed by atoms with Crippen molar-refractivity contribution in [3.63, 3.8) is 0 Å². The van der Waals surface area contributed by atoms with Crippen LogP contribution in [0.15, 0.2) is 18.2 Å². The Balaban J connectivity index is 1.87. The summed E-state index contributed by atoms with van der Waals surface area (Å²) in [6.45, 7) is 4.79. The molecule has 0 heterocycles. The second-order valence-electron chi connectivity index (χ2n) is 3.99. The van der Waals surface area contributed by atoms with Crippen molar-refractivity contribution in [3.05, 3.63) is 29.3 Å². The average Bonchev–Trinajstić information content (AvgIpc) is 2.71. The number of fused-ring (bicyclic) bond motifs is 1. The standard InChI is InChI=1S/C13H19NO/c1-2-14-8-9-15-13-7-6-11-4-3-5-12(11)10-13/h6-7,10,14H,2-5,8-9H2,1H3. The van der Waals surface area contributed by atoms with E-state index in [2.05, 4.69) is 30.4 Å². The number of benzene rings is 1. The Morgan fingerprint density at radius 2 is 2.13 bits per heavy atom.